The zero-order valence-corrected chi connectivity index (χ0v) is 15.8. The van der Waals surface area contributed by atoms with Gasteiger partial charge in [-0.15, -0.1) is 11.3 Å². The second-order valence-electron chi connectivity index (χ2n) is 6.20. The van der Waals surface area contributed by atoms with Crippen LogP contribution in [0.25, 0.3) is 11.4 Å². The topological polar surface area (TPSA) is 51.0 Å². The summed E-state index contributed by atoms with van der Waals surface area (Å²) < 4.78 is 2.50. The average molecular weight is 385 g/mol. The lowest BCUT2D eigenvalue weighted by molar-refractivity contribution is -0.127. The van der Waals surface area contributed by atoms with Gasteiger partial charge in [-0.2, -0.15) is 5.10 Å². The van der Waals surface area contributed by atoms with Crippen LogP contribution in [0.3, 0.4) is 0 Å². The third kappa shape index (κ3) is 2.85. The number of halogens is 1. The van der Waals surface area contributed by atoms with Gasteiger partial charge in [0.1, 0.15) is 6.33 Å². The second kappa shape index (κ2) is 6.70. The lowest BCUT2D eigenvalue weighted by Gasteiger charge is -2.33. The van der Waals surface area contributed by atoms with Gasteiger partial charge in [0.05, 0.1) is 10.9 Å². The highest BCUT2D eigenvalue weighted by Gasteiger charge is 2.32. The predicted molar refractivity (Wildman–Crippen MR) is 103 cm³/mol. The molecule has 7 heteroatoms. The van der Waals surface area contributed by atoms with Gasteiger partial charge in [-0.3, -0.25) is 4.79 Å². The van der Waals surface area contributed by atoms with E-state index in [2.05, 4.69) is 22.7 Å². The summed E-state index contributed by atoms with van der Waals surface area (Å²) in [5, 5.41) is 4.19. The van der Waals surface area contributed by atoms with E-state index in [-0.39, 0.29) is 11.8 Å². The van der Waals surface area contributed by atoms with Crippen LogP contribution in [-0.2, 0) is 18.4 Å². The van der Waals surface area contributed by atoms with E-state index in [0.29, 0.717) is 13.1 Å². The molecule has 0 aliphatic carbocycles. The van der Waals surface area contributed by atoms with Crippen LogP contribution in [0.1, 0.15) is 21.9 Å². The van der Waals surface area contributed by atoms with Crippen LogP contribution < -0.4 is 0 Å². The maximum atomic E-state index is 12.3. The number of nitrogens with zero attached hydrogens (tertiary/aromatic N) is 4. The molecule has 26 heavy (non-hydrogen) atoms. The summed E-state index contributed by atoms with van der Waals surface area (Å²) in [6.07, 6.45) is 2.92. The fraction of sp³-hybridized carbons (Fsp3) is 0.211. The molecular weight excluding hydrogens is 368 g/mol. The molecule has 0 saturated heterocycles. The maximum Gasteiger partial charge on any atom is 0.246 e. The monoisotopic (exact) mass is 384 g/mol. The molecule has 4 rings (SSSR count). The van der Waals surface area contributed by atoms with Crippen molar-refractivity contribution in [3.05, 3.63) is 69.7 Å². The summed E-state index contributed by atoms with van der Waals surface area (Å²) in [7, 11) is 1.88. The highest BCUT2D eigenvalue weighted by molar-refractivity contribution is 7.16. The molecule has 0 N–H and O–H groups in total. The molecule has 0 unspecified atom stereocenters. The first-order valence-electron chi connectivity index (χ1n) is 8.21. The van der Waals surface area contributed by atoms with Crippen molar-refractivity contribution in [3.63, 3.8) is 0 Å². The van der Waals surface area contributed by atoms with Crippen molar-refractivity contribution in [2.75, 3.05) is 6.54 Å². The number of aryl methyl sites for hydroxylation is 1. The van der Waals surface area contributed by atoms with Crippen LogP contribution in [-0.4, -0.2) is 32.1 Å². The smallest absolute Gasteiger partial charge is 0.246 e. The number of carbonyl (C=O) groups excluding carboxylic acids is 1. The van der Waals surface area contributed by atoms with Gasteiger partial charge < -0.3 is 4.90 Å². The van der Waals surface area contributed by atoms with Crippen molar-refractivity contribution in [1.82, 2.24) is 19.7 Å². The molecule has 5 nitrogen and oxygen atoms in total. The first-order valence-corrected chi connectivity index (χ1v) is 9.40. The minimum Gasteiger partial charge on any atom is -0.333 e. The SMILES string of the molecule is C=CC(=O)N1Cc2sc(Cl)cc2[C@H](c2ccccc2-c2ncnn2C)C1. The number of hydrogen-bond donors (Lipinski definition) is 0. The number of hydrogen-bond acceptors (Lipinski definition) is 4. The van der Waals surface area contributed by atoms with E-state index < -0.39 is 0 Å². The van der Waals surface area contributed by atoms with Gasteiger partial charge in [0.15, 0.2) is 5.82 Å². The Hall–Kier alpha value is -2.44. The lowest BCUT2D eigenvalue weighted by Crippen LogP contribution is -2.37. The number of fused-ring (bicyclic) bond motifs is 1. The van der Waals surface area contributed by atoms with E-state index in [1.807, 2.05) is 36.2 Å². The number of aromatic nitrogens is 3. The highest BCUT2D eigenvalue weighted by atomic mass is 35.5. The molecule has 0 saturated carbocycles. The van der Waals surface area contributed by atoms with E-state index in [4.69, 9.17) is 11.6 Å². The van der Waals surface area contributed by atoms with Crippen molar-refractivity contribution in [2.24, 2.45) is 7.05 Å². The third-order valence-electron chi connectivity index (χ3n) is 4.70. The Balaban J connectivity index is 1.86. The zero-order valence-electron chi connectivity index (χ0n) is 14.2. The van der Waals surface area contributed by atoms with Gasteiger partial charge >= 0.3 is 0 Å². The Morgan fingerprint density at radius 2 is 2.19 bits per heavy atom. The minimum atomic E-state index is -0.0682. The van der Waals surface area contributed by atoms with Crippen LogP contribution in [0.4, 0.5) is 0 Å². The zero-order chi connectivity index (χ0) is 18.3. The fourth-order valence-electron chi connectivity index (χ4n) is 3.49. The molecule has 2 aromatic heterocycles. The second-order valence-corrected chi connectivity index (χ2v) is 7.97. The van der Waals surface area contributed by atoms with Gasteiger partial charge in [-0.1, -0.05) is 42.4 Å². The van der Waals surface area contributed by atoms with Crippen molar-refractivity contribution < 1.29 is 4.79 Å². The molecular formula is C19H17ClN4OS. The molecule has 1 amide bonds. The van der Waals surface area contributed by atoms with Crippen LogP contribution in [0.5, 0.6) is 0 Å². The van der Waals surface area contributed by atoms with Gasteiger partial charge in [-0.05, 0) is 23.3 Å². The lowest BCUT2D eigenvalue weighted by atomic mass is 9.85. The van der Waals surface area contributed by atoms with Crippen LogP contribution in [0, 0.1) is 0 Å². The molecule has 1 aromatic carbocycles. The standard InChI is InChI=1S/C19H17ClN4OS/c1-3-18(25)24-9-15(14-8-17(20)26-16(14)10-24)12-6-4-5-7-13(12)19-21-11-22-23(19)2/h3-8,11,15H,1,9-10H2,2H3/t15-/m0/s1. The van der Waals surface area contributed by atoms with E-state index in [9.17, 15) is 4.79 Å². The summed E-state index contributed by atoms with van der Waals surface area (Å²) >= 11 is 7.83. The van der Waals surface area contributed by atoms with Gasteiger partial charge in [0.25, 0.3) is 0 Å². The van der Waals surface area contributed by atoms with E-state index in [1.54, 1.807) is 11.0 Å². The molecule has 3 aromatic rings. The number of benzene rings is 1. The summed E-state index contributed by atoms with van der Waals surface area (Å²) in [5.74, 6) is 0.760. The van der Waals surface area contributed by atoms with Crippen molar-refractivity contribution in [1.29, 1.82) is 0 Å². The minimum absolute atomic E-state index is 0.0271. The number of amides is 1. The maximum absolute atomic E-state index is 12.3. The Bertz CT molecular complexity index is 993. The largest absolute Gasteiger partial charge is 0.333 e. The van der Waals surface area contributed by atoms with Crippen molar-refractivity contribution in [3.8, 4) is 11.4 Å². The molecule has 1 aliphatic heterocycles. The molecule has 0 radical (unpaired) electrons. The first kappa shape index (κ1) is 17.0. The van der Waals surface area contributed by atoms with Crippen LogP contribution in [0.2, 0.25) is 4.34 Å². The van der Waals surface area contributed by atoms with Crippen molar-refractivity contribution >= 4 is 28.8 Å². The molecule has 3 heterocycles. The molecule has 0 fully saturated rings. The Morgan fingerprint density at radius 3 is 2.92 bits per heavy atom. The van der Waals surface area contributed by atoms with Gasteiger partial charge in [0.2, 0.25) is 5.91 Å². The van der Waals surface area contributed by atoms with Gasteiger partial charge in [0, 0.05) is 30.0 Å². The number of rotatable bonds is 3. The number of carbonyl (C=O) groups is 1. The third-order valence-corrected chi connectivity index (χ3v) is 5.96. The molecule has 1 aliphatic rings. The summed E-state index contributed by atoms with van der Waals surface area (Å²) in [4.78, 5) is 19.6. The molecule has 132 valence electrons. The van der Waals surface area contributed by atoms with Crippen LogP contribution >= 0.6 is 22.9 Å². The quantitative estimate of drug-likeness (QED) is 0.644. The normalized spacial score (nSPS) is 16.4. The average Bonchev–Trinajstić information content (AvgIpc) is 3.24. The molecule has 1 atom stereocenters. The fourth-order valence-corrected chi connectivity index (χ4v) is 4.85. The Morgan fingerprint density at radius 1 is 1.38 bits per heavy atom. The van der Waals surface area contributed by atoms with E-state index >= 15 is 0 Å². The highest BCUT2D eigenvalue weighted by Crippen LogP contribution is 2.42. The van der Waals surface area contributed by atoms with E-state index in [0.717, 1.165) is 26.2 Å². The summed E-state index contributed by atoms with van der Waals surface area (Å²) in [6, 6.07) is 10.2. The van der Waals surface area contributed by atoms with Gasteiger partial charge in [-0.25, -0.2) is 9.67 Å². The number of thiophene rings is 1. The van der Waals surface area contributed by atoms with Crippen molar-refractivity contribution in [2.45, 2.75) is 12.5 Å². The summed E-state index contributed by atoms with van der Waals surface area (Å²) in [5.41, 5.74) is 3.31. The molecule has 0 bridgehead atoms. The van der Waals surface area contributed by atoms with Crippen LogP contribution in [0.15, 0.2) is 49.3 Å². The first-order chi connectivity index (χ1) is 12.6. The van der Waals surface area contributed by atoms with E-state index in [1.165, 1.54) is 23.0 Å². The molecule has 0 spiro atoms. The Kier molecular flexibility index (Phi) is 4.38. The Labute approximate surface area is 160 Å². The predicted octanol–water partition coefficient (Wildman–Crippen LogP) is 3.86. The summed E-state index contributed by atoms with van der Waals surface area (Å²) in [6.45, 7) is 4.78.